The van der Waals surface area contributed by atoms with Crippen molar-refractivity contribution in [2.24, 2.45) is 0 Å². The van der Waals surface area contributed by atoms with Crippen LogP contribution in [-0.2, 0) is 10.2 Å². The van der Waals surface area contributed by atoms with Crippen molar-refractivity contribution in [2.75, 3.05) is 7.05 Å². The number of carbonyl (C=O) groups is 1. The summed E-state index contributed by atoms with van der Waals surface area (Å²) in [5.74, 6) is 0.832. The highest BCUT2D eigenvalue weighted by Crippen LogP contribution is 2.30. The molecule has 0 radical (unpaired) electrons. The first-order valence-corrected chi connectivity index (χ1v) is 9.54. The summed E-state index contributed by atoms with van der Waals surface area (Å²) in [6.45, 7) is 8.43. The molecule has 4 nitrogen and oxygen atoms in total. The van der Waals surface area contributed by atoms with Gasteiger partial charge in [-0.25, -0.2) is 0 Å². The Kier molecular flexibility index (Phi) is 6.62. The molecule has 3 unspecified atom stereocenters. The third-order valence-electron chi connectivity index (χ3n) is 5.72. The number of nitrogens with one attached hydrogen (secondary N) is 1. The highest BCUT2D eigenvalue weighted by atomic mass is 35.5. The molecule has 2 fully saturated rings. The van der Waals surface area contributed by atoms with Gasteiger partial charge >= 0.3 is 0 Å². The maximum absolute atomic E-state index is 12.8. The van der Waals surface area contributed by atoms with Gasteiger partial charge in [-0.15, -0.1) is 12.4 Å². The molecule has 5 heteroatoms. The molecule has 146 valence electrons. The van der Waals surface area contributed by atoms with Gasteiger partial charge in [-0.05, 0) is 55.7 Å². The Morgan fingerprint density at radius 3 is 2.19 bits per heavy atom. The molecule has 3 rings (SSSR count). The van der Waals surface area contributed by atoms with Crippen LogP contribution in [0.3, 0.4) is 0 Å². The van der Waals surface area contributed by atoms with Crippen molar-refractivity contribution < 1.29 is 9.53 Å². The molecule has 3 atom stereocenters. The Morgan fingerprint density at radius 2 is 1.69 bits per heavy atom. The van der Waals surface area contributed by atoms with Crippen LogP contribution in [0, 0.1) is 0 Å². The summed E-state index contributed by atoms with van der Waals surface area (Å²) >= 11 is 0. The van der Waals surface area contributed by atoms with Gasteiger partial charge in [0.25, 0.3) is 5.91 Å². The third kappa shape index (κ3) is 4.72. The molecular weight excluding hydrogens is 348 g/mol. The molecule has 1 amide bonds. The van der Waals surface area contributed by atoms with Gasteiger partial charge in [0.1, 0.15) is 5.75 Å². The SMILES string of the molecule is CC(Oc1ccc(C(C)(C)C)cc1)C(=O)N(C)C1CC2CCC(C1)N2.Cl. The van der Waals surface area contributed by atoms with Crippen LogP contribution >= 0.6 is 12.4 Å². The number of hydrogen-bond donors (Lipinski definition) is 1. The fourth-order valence-electron chi connectivity index (χ4n) is 4.10. The van der Waals surface area contributed by atoms with Crippen LogP contribution in [0.1, 0.15) is 58.9 Å². The van der Waals surface area contributed by atoms with Crippen LogP contribution in [0.2, 0.25) is 0 Å². The minimum atomic E-state index is -0.460. The minimum absolute atomic E-state index is 0. The zero-order chi connectivity index (χ0) is 18.2. The number of nitrogens with zero attached hydrogens (tertiary/aromatic N) is 1. The second kappa shape index (κ2) is 8.18. The van der Waals surface area contributed by atoms with E-state index >= 15 is 0 Å². The molecule has 0 spiro atoms. The number of benzene rings is 1. The zero-order valence-electron chi connectivity index (χ0n) is 16.6. The fraction of sp³-hybridized carbons (Fsp3) is 0.667. The van der Waals surface area contributed by atoms with Gasteiger partial charge in [0.15, 0.2) is 6.10 Å². The van der Waals surface area contributed by atoms with E-state index in [-0.39, 0.29) is 23.7 Å². The van der Waals surface area contributed by atoms with E-state index in [9.17, 15) is 4.79 Å². The first kappa shape index (κ1) is 21.0. The summed E-state index contributed by atoms with van der Waals surface area (Å²) in [6.07, 6.45) is 4.15. The number of fused-ring (bicyclic) bond motifs is 2. The van der Waals surface area contributed by atoms with Crippen LogP contribution in [0.25, 0.3) is 0 Å². The fourth-order valence-corrected chi connectivity index (χ4v) is 4.10. The van der Waals surface area contributed by atoms with Crippen molar-refractivity contribution in [3.63, 3.8) is 0 Å². The van der Waals surface area contributed by atoms with Crippen molar-refractivity contribution in [2.45, 2.75) is 83.0 Å². The summed E-state index contributed by atoms with van der Waals surface area (Å²) in [6, 6.07) is 9.60. The van der Waals surface area contributed by atoms with Gasteiger partial charge in [-0.1, -0.05) is 32.9 Å². The topological polar surface area (TPSA) is 41.6 Å². The normalized spacial score (nSPS) is 26.0. The lowest BCUT2D eigenvalue weighted by Crippen LogP contribution is -2.51. The Hall–Kier alpha value is -1.26. The Balaban J connectivity index is 0.00000243. The van der Waals surface area contributed by atoms with Crippen molar-refractivity contribution in [1.29, 1.82) is 0 Å². The summed E-state index contributed by atoms with van der Waals surface area (Å²) in [4.78, 5) is 14.7. The van der Waals surface area contributed by atoms with E-state index < -0.39 is 6.10 Å². The number of piperidine rings is 1. The van der Waals surface area contributed by atoms with Crippen molar-refractivity contribution in [3.05, 3.63) is 29.8 Å². The van der Waals surface area contributed by atoms with Crippen LogP contribution in [-0.4, -0.2) is 42.1 Å². The van der Waals surface area contributed by atoms with Crippen LogP contribution in [0.4, 0.5) is 0 Å². The maximum Gasteiger partial charge on any atom is 0.263 e. The monoisotopic (exact) mass is 380 g/mol. The third-order valence-corrected chi connectivity index (χ3v) is 5.72. The lowest BCUT2D eigenvalue weighted by Gasteiger charge is -2.36. The lowest BCUT2D eigenvalue weighted by atomic mass is 9.87. The summed E-state index contributed by atoms with van der Waals surface area (Å²) in [7, 11) is 1.93. The van der Waals surface area contributed by atoms with Gasteiger partial charge in [0.2, 0.25) is 0 Å². The zero-order valence-corrected chi connectivity index (χ0v) is 17.4. The van der Waals surface area contributed by atoms with Crippen LogP contribution in [0.15, 0.2) is 24.3 Å². The average molecular weight is 381 g/mol. The van der Waals surface area contributed by atoms with Gasteiger partial charge in [-0.2, -0.15) is 0 Å². The van der Waals surface area contributed by atoms with Gasteiger partial charge in [0, 0.05) is 25.2 Å². The van der Waals surface area contributed by atoms with Crippen molar-refractivity contribution >= 4 is 18.3 Å². The number of likely N-dealkylation sites (N-methyl/N-ethyl adjacent to an activating group) is 1. The molecule has 26 heavy (non-hydrogen) atoms. The van der Waals surface area contributed by atoms with E-state index in [4.69, 9.17) is 4.74 Å². The Labute approximate surface area is 164 Å². The Bertz CT molecular complexity index is 599. The number of rotatable bonds is 4. The maximum atomic E-state index is 12.8. The molecule has 0 aromatic heterocycles. The van der Waals surface area contributed by atoms with Crippen molar-refractivity contribution in [1.82, 2.24) is 10.2 Å². The molecule has 1 N–H and O–H groups in total. The number of halogens is 1. The van der Waals surface area contributed by atoms with Crippen LogP contribution in [0.5, 0.6) is 5.75 Å². The second-order valence-electron chi connectivity index (χ2n) is 8.75. The highest BCUT2D eigenvalue weighted by Gasteiger charge is 2.37. The van der Waals surface area contributed by atoms with E-state index in [2.05, 4.69) is 38.2 Å². The van der Waals surface area contributed by atoms with Crippen molar-refractivity contribution in [3.8, 4) is 5.75 Å². The number of ether oxygens (including phenoxy) is 1. The predicted molar refractivity (Wildman–Crippen MR) is 108 cm³/mol. The molecule has 2 heterocycles. The summed E-state index contributed by atoms with van der Waals surface area (Å²) in [5, 5.41) is 3.63. The average Bonchev–Trinajstić information content (AvgIpc) is 2.91. The minimum Gasteiger partial charge on any atom is -0.481 e. The largest absolute Gasteiger partial charge is 0.481 e. The number of carbonyl (C=O) groups excluding carboxylic acids is 1. The van der Waals surface area contributed by atoms with E-state index in [0.717, 1.165) is 18.6 Å². The van der Waals surface area contributed by atoms with E-state index in [1.807, 2.05) is 31.0 Å². The highest BCUT2D eigenvalue weighted by molar-refractivity contribution is 5.85. The van der Waals surface area contributed by atoms with E-state index in [1.54, 1.807) is 0 Å². The van der Waals surface area contributed by atoms with E-state index in [1.165, 1.54) is 18.4 Å². The van der Waals surface area contributed by atoms with Gasteiger partial charge in [-0.3, -0.25) is 4.79 Å². The summed E-state index contributed by atoms with van der Waals surface area (Å²) < 4.78 is 5.92. The quantitative estimate of drug-likeness (QED) is 0.860. The van der Waals surface area contributed by atoms with Gasteiger partial charge in [0.05, 0.1) is 0 Å². The smallest absolute Gasteiger partial charge is 0.263 e. The molecule has 2 saturated heterocycles. The number of amides is 1. The first-order valence-electron chi connectivity index (χ1n) is 9.54. The molecule has 2 aliphatic rings. The first-order chi connectivity index (χ1) is 11.7. The molecular formula is C21H33ClN2O2. The van der Waals surface area contributed by atoms with Crippen LogP contribution < -0.4 is 10.1 Å². The lowest BCUT2D eigenvalue weighted by molar-refractivity contribution is -0.139. The molecule has 1 aromatic rings. The molecule has 2 bridgehead atoms. The second-order valence-corrected chi connectivity index (χ2v) is 8.75. The molecule has 2 aliphatic heterocycles. The standard InChI is InChI=1S/C21H32N2O2.ClH/c1-14(25-19-10-6-15(7-11-19)21(2,3)4)20(24)23(5)18-12-16-8-9-17(13-18)22-16;/h6-7,10-11,14,16-18,22H,8-9,12-13H2,1-5H3;1H. The van der Waals surface area contributed by atoms with E-state index in [0.29, 0.717) is 18.1 Å². The molecule has 0 aliphatic carbocycles. The Morgan fingerprint density at radius 1 is 1.15 bits per heavy atom. The predicted octanol–water partition coefficient (Wildman–Crippen LogP) is 3.91. The molecule has 0 saturated carbocycles. The number of hydrogen-bond acceptors (Lipinski definition) is 3. The molecule has 1 aromatic carbocycles. The van der Waals surface area contributed by atoms with Gasteiger partial charge < -0.3 is 15.0 Å². The summed E-state index contributed by atoms with van der Waals surface area (Å²) in [5.41, 5.74) is 1.38.